The Morgan fingerprint density at radius 1 is 1.35 bits per heavy atom. The van der Waals surface area contributed by atoms with Gasteiger partial charge in [-0.15, -0.1) is 0 Å². The fourth-order valence-electron chi connectivity index (χ4n) is 2.45. The molecular formula is C13H19N3O. The molecule has 2 aromatic rings. The van der Waals surface area contributed by atoms with E-state index in [0.29, 0.717) is 6.54 Å². The first-order chi connectivity index (χ1) is 8.07. The number of fused-ring (bicyclic) bond motifs is 1. The van der Waals surface area contributed by atoms with Gasteiger partial charge in [-0.05, 0) is 38.4 Å². The van der Waals surface area contributed by atoms with Crippen LogP contribution in [0.15, 0.2) is 23.0 Å². The molecule has 0 unspecified atom stereocenters. The number of benzene rings is 1. The van der Waals surface area contributed by atoms with Gasteiger partial charge in [0.2, 0.25) is 0 Å². The van der Waals surface area contributed by atoms with E-state index in [2.05, 4.69) is 0 Å². The van der Waals surface area contributed by atoms with Crippen LogP contribution in [0.5, 0.6) is 0 Å². The Kier molecular flexibility index (Phi) is 3.07. The summed E-state index contributed by atoms with van der Waals surface area (Å²) < 4.78 is 3.73. The molecule has 0 atom stereocenters. The van der Waals surface area contributed by atoms with Crippen LogP contribution in [0, 0.1) is 0 Å². The van der Waals surface area contributed by atoms with Crippen molar-refractivity contribution in [2.45, 2.75) is 26.3 Å². The molecule has 0 aliphatic carbocycles. The van der Waals surface area contributed by atoms with E-state index < -0.39 is 0 Å². The SMILES string of the molecule is CC(C)n1c(=O)c2cccc(CCN)c2n1C. The summed E-state index contributed by atoms with van der Waals surface area (Å²) in [6, 6.07) is 6.01. The largest absolute Gasteiger partial charge is 0.330 e. The Balaban J connectivity index is 2.83. The van der Waals surface area contributed by atoms with Crippen molar-refractivity contribution < 1.29 is 0 Å². The van der Waals surface area contributed by atoms with Crippen molar-refractivity contribution in [1.29, 1.82) is 0 Å². The fraction of sp³-hybridized carbons (Fsp3) is 0.462. The molecule has 0 saturated heterocycles. The second kappa shape index (κ2) is 4.37. The number of hydrogen-bond acceptors (Lipinski definition) is 2. The van der Waals surface area contributed by atoms with Crippen LogP contribution in [0.3, 0.4) is 0 Å². The number of rotatable bonds is 3. The topological polar surface area (TPSA) is 52.9 Å². The standard InChI is InChI=1S/C13H19N3O/c1-9(2)16-13(17)11-6-4-5-10(7-8-14)12(11)15(16)3/h4-6,9H,7-8,14H2,1-3H3. The number of aryl methyl sites for hydroxylation is 1. The van der Waals surface area contributed by atoms with Gasteiger partial charge in [0.1, 0.15) is 0 Å². The Morgan fingerprint density at radius 2 is 2.06 bits per heavy atom. The molecule has 0 bridgehead atoms. The minimum absolute atomic E-state index is 0.0800. The molecule has 1 heterocycles. The summed E-state index contributed by atoms with van der Waals surface area (Å²) in [5.41, 5.74) is 7.85. The molecule has 0 saturated carbocycles. The Morgan fingerprint density at radius 3 is 2.65 bits per heavy atom. The van der Waals surface area contributed by atoms with Gasteiger partial charge in [-0.3, -0.25) is 9.48 Å². The molecule has 2 rings (SSSR count). The van der Waals surface area contributed by atoms with Crippen molar-refractivity contribution in [2.75, 3.05) is 6.54 Å². The number of nitrogens with two attached hydrogens (primary N) is 1. The van der Waals surface area contributed by atoms with Gasteiger partial charge in [-0.2, -0.15) is 0 Å². The van der Waals surface area contributed by atoms with Crippen molar-refractivity contribution in [2.24, 2.45) is 12.8 Å². The first-order valence-corrected chi connectivity index (χ1v) is 5.97. The molecule has 2 N–H and O–H groups in total. The van der Waals surface area contributed by atoms with Gasteiger partial charge < -0.3 is 5.73 Å². The maximum Gasteiger partial charge on any atom is 0.274 e. The molecule has 0 aliphatic rings. The number of hydrogen-bond donors (Lipinski definition) is 1. The molecule has 92 valence electrons. The highest BCUT2D eigenvalue weighted by molar-refractivity contribution is 5.82. The second-order valence-corrected chi connectivity index (χ2v) is 4.62. The van der Waals surface area contributed by atoms with Crippen molar-refractivity contribution in [3.63, 3.8) is 0 Å². The monoisotopic (exact) mass is 233 g/mol. The van der Waals surface area contributed by atoms with E-state index in [4.69, 9.17) is 5.73 Å². The quantitative estimate of drug-likeness (QED) is 0.871. The first kappa shape index (κ1) is 11.9. The minimum atomic E-state index is 0.0800. The van der Waals surface area contributed by atoms with Crippen molar-refractivity contribution in [1.82, 2.24) is 9.36 Å². The molecular weight excluding hydrogens is 214 g/mol. The average molecular weight is 233 g/mol. The normalized spacial score (nSPS) is 11.6. The predicted molar refractivity (Wildman–Crippen MR) is 70.3 cm³/mol. The predicted octanol–water partition coefficient (Wildman–Crippen LogP) is 1.42. The maximum absolute atomic E-state index is 12.3. The Labute approximate surface area is 101 Å². The summed E-state index contributed by atoms with van der Waals surface area (Å²) in [7, 11) is 1.93. The van der Waals surface area contributed by atoms with Gasteiger partial charge in [-0.25, -0.2) is 4.68 Å². The number of nitrogens with zero attached hydrogens (tertiary/aromatic N) is 2. The number of para-hydroxylation sites is 1. The lowest BCUT2D eigenvalue weighted by Gasteiger charge is -2.12. The maximum atomic E-state index is 12.3. The highest BCUT2D eigenvalue weighted by Gasteiger charge is 2.14. The highest BCUT2D eigenvalue weighted by Crippen LogP contribution is 2.18. The summed E-state index contributed by atoms with van der Waals surface area (Å²) in [6.07, 6.45) is 0.798. The third-order valence-corrected chi connectivity index (χ3v) is 3.11. The fourth-order valence-corrected chi connectivity index (χ4v) is 2.45. The van der Waals surface area contributed by atoms with E-state index >= 15 is 0 Å². The van der Waals surface area contributed by atoms with Gasteiger partial charge in [0.25, 0.3) is 5.56 Å². The van der Waals surface area contributed by atoms with Crippen LogP contribution in [0.4, 0.5) is 0 Å². The molecule has 0 radical (unpaired) electrons. The lowest BCUT2D eigenvalue weighted by molar-refractivity contribution is 0.446. The van der Waals surface area contributed by atoms with E-state index in [1.807, 2.05) is 43.8 Å². The van der Waals surface area contributed by atoms with Gasteiger partial charge in [-0.1, -0.05) is 12.1 Å². The van der Waals surface area contributed by atoms with E-state index in [0.717, 1.165) is 22.9 Å². The third-order valence-electron chi connectivity index (χ3n) is 3.11. The molecule has 17 heavy (non-hydrogen) atoms. The summed E-state index contributed by atoms with van der Waals surface area (Å²) in [6.45, 7) is 4.63. The zero-order valence-electron chi connectivity index (χ0n) is 10.6. The third kappa shape index (κ3) is 1.78. The minimum Gasteiger partial charge on any atom is -0.330 e. The van der Waals surface area contributed by atoms with E-state index in [9.17, 15) is 4.79 Å². The van der Waals surface area contributed by atoms with Crippen molar-refractivity contribution >= 4 is 10.9 Å². The lowest BCUT2D eigenvalue weighted by Crippen LogP contribution is -2.23. The second-order valence-electron chi connectivity index (χ2n) is 4.62. The van der Waals surface area contributed by atoms with Crippen LogP contribution in [-0.4, -0.2) is 15.9 Å². The summed E-state index contributed by atoms with van der Waals surface area (Å²) >= 11 is 0. The zero-order chi connectivity index (χ0) is 12.6. The van der Waals surface area contributed by atoms with Gasteiger partial charge >= 0.3 is 0 Å². The van der Waals surface area contributed by atoms with Crippen LogP contribution < -0.4 is 11.3 Å². The average Bonchev–Trinajstić information content (AvgIpc) is 2.53. The molecule has 0 fully saturated rings. The van der Waals surface area contributed by atoms with Crippen LogP contribution in [0.1, 0.15) is 25.5 Å². The zero-order valence-corrected chi connectivity index (χ0v) is 10.6. The van der Waals surface area contributed by atoms with E-state index in [1.54, 1.807) is 4.68 Å². The molecule has 4 nitrogen and oxygen atoms in total. The number of aromatic nitrogens is 2. The smallest absolute Gasteiger partial charge is 0.274 e. The molecule has 0 spiro atoms. The van der Waals surface area contributed by atoms with Gasteiger partial charge in [0.15, 0.2) is 0 Å². The van der Waals surface area contributed by atoms with Gasteiger partial charge in [0.05, 0.1) is 10.9 Å². The molecule has 4 heteroatoms. The summed E-state index contributed by atoms with van der Waals surface area (Å²) in [5, 5.41) is 0.784. The van der Waals surface area contributed by atoms with Crippen LogP contribution >= 0.6 is 0 Å². The van der Waals surface area contributed by atoms with E-state index in [1.165, 1.54) is 0 Å². The van der Waals surface area contributed by atoms with Crippen LogP contribution in [-0.2, 0) is 13.5 Å². The summed E-state index contributed by atoms with van der Waals surface area (Å²) in [4.78, 5) is 12.3. The molecule has 1 aromatic heterocycles. The molecule has 0 aliphatic heterocycles. The Hall–Kier alpha value is -1.55. The first-order valence-electron chi connectivity index (χ1n) is 5.97. The van der Waals surface area contributed by atoms with Crippen LogP contribution in [0.2, 0.25) is 0 Å². The lowest BCUT2D eigenvalue weighted by atomic mass is 10.1. The highest BCUT2D eigenvalue weighted by atomic mass is 16.1. The Bertz CT molecular complexity index is 592. The van der Waals surface area contributed by atoms with Crippen LogP contribution in [0.25, 0.3) is 10.9 Å². The van der Waals surface area contributed by atoms with Crippen molar-refractivity contribution in [3.8, 4) is 0 Å². The van der Waals surface area contributed by atoms with Crippen molar-refractivity contribution in [3.05, 3.63) is 34.1 Å². The van der Waals surface area contributed by atoms with Gasteiger partial charge in [0, 0.05) is 13.1 Å². The molecule has 1 aromatic carbocycles. The molecule has 0 amide bonds. The van der Waals surface area contributed by atoms with E-state index in [-0.39, 0.29) is 11.6 Å². The summed E-state index contributed by atoms with van der Waals surface area (Å²) in [5.74, 6) is 0.